The van der Waals surface area contributed by atoms with Crippen molar-refractivity contribution in [2.24, 2.45) is 0 Å². The Morgan fingerprint density at radius 2 is 2.25 bits per heavy atom. The molecule has 0 radical (unpaired) electrons. The topological polar surface area (TPSA) is 41.1 Å². The summed E-state index contributed by atoms with van der Waals surface area (Å²) in [5.41, 5.74) is 0.740. The zero-order chi connectivity index (χ0) is 14.5. The summed E-state index contributed by atoms with van der Waals surface area (Å²) in [6.45, 7) is 2.81. The molecule has 110 valence electrons. The molecule has 20 heavy (non-hydrogen) atoms. The van der Waals surface area contributed by atoms with Crippen molar-refractivity contribution in [2.45, 2.75) is 44.7 Å². The van der Waals surface area contributed by atoms with E-state index in [1.807, 2.05) is 6.92 Å². The first-order valence-corrected chi connectivity index (χ1v) is 7.04. The van der Waals surface area contributed by atoms with Crippen LogP contribution in [0.25, 0.3) is 0 Å². The molecule has 1 aromatic carbocycles. The van der Waals surface area contributed by atoms with Crippen LogP contribution < -0.4 is 10.6 Å². The number of carbonyl (C=O) groups excluding carboxylic acids is 1. The number of benzene rings is 1. The summed E-state index contributed by atoms with van der Waals surface area (Å²) in [6, 6.07) is 3.85. The summed E-state index contributed by atoms with van der Waals surface area (Å²) in [5.74, 6) is -1.63. The average molecular weight is 282 g/mol. The van der Waals surface area contributed by atoms with Crippen LogP contribution in [0.5, 0.6) is 0 Å². The van der Waals surface area contributed by atoms with Gasteiger partial charge < -0.3 is 10.6 Å². The lowest BCUT2D eigenvalue weighted by Crippen LogP contribution is -2.44. The van der Waals surface area contributed by atoms with Crippen molar-refractivity contribution in [3.05, 3.63) is 35.4 Å². The molecule has 5 heteroatoms. The van der Waals surface area contributed by atoms with E-state index in [2.05, 4.69) is 10.6 Å². The van der Waals surface area contributed by atoms with Crippen LogP contribution in [0.3, 0.4) is 0 Å². The van der Waals surface area contributed by atoms with Crippen molar-refractivity contribution in [2.75, 3.05) is 6.54 Å². The lowest BCUT2D eigenvalue weighted by Gasteiger charge is -2.17. The van der Waals surface area contributed by atoms with E-state index in [0.717, 1.165) is 31.0 Å². The number of amides is 1. The molecule has 0 unspecified atom stereocenters. The predicted molar refractivity (Wildman–Crippen MR) is 73.3 cm³/mol. The van der Waals surface area contributed by atoms with Crippen LogP contribution in [0.1, 0.15) is 31.7 Å². The zero-order valence-corrected chi connectivity index (χ0v) is 11.6. The molecule has 2 N–H and O–H groups in total. The highest BCUT2D eigenvalue weighted by atomic mass is 19.2. The van der Waals surface area contributed by atoms with Gasteiger partial charge >= 0.3 is 0 Å². The van der Waals surface area contributed by atoms with Gasteiger partial charge in [-0.1, -0.05) is 6.07 Å². The number of nitrogens with one attached hydrogen (secondary N) is 2. The van der Waals surface area contributed by atoms with Crippen molar-refractivity contribution in [3.8, 4) is 0 Å². The summed E-state index contributed by atoms with van der Waals surface area (Å²) in [5, 5.41) is 6.09. The van der Waals surface area contributed by atoms with E-state index < -0.39 is 11.6 Å². The molecular formula is C15H20F2N2O. The van der Waals surface area contributed by atoms with Crippen LogP contribution >= 0.6 is 0 Å². The van der Waals surface area contributed by atoms with Gasteiger partial charge in [-0.15, -0.1) is 0 Å². The average Bonchev–Trinajstić information content (AvgIpc) is 2.94. The third kappa shape index (κ3) is 4.00. The minimum atomic E-state index is -0.831. The molecule has 2 rings (SSSR count). The molecule has 1 aliphatic heterocycles. The first-order valence-electron chi connectivity index (χ1n) is 7.04. The maximum atomic E-state index is 13.1. The van der Waals surface area contributed by atoms with E-state index in [1.54, 1.807) is 6.07 Å². The molecule has 0 aromatic heterocycles. The first kappa shape index (κ1) is 14.9. The SMILES string of the molecule is C[C@H](CCc1ccc(F)c(F)c1)NC(=O)[C@H]1CCCN1. The van der Waals surface area contributed by atoms with Gasteiger partial charge in [0.1, 0.15) is 0 Å². The fourth-order valence-electron chi connectivity index (χ4n) is 2.40. The fraction of sp³-hybridized carbons (Fsp3) is 0.533. The van der Waals surface area contributed by atoms with Gasteiger partial charge in [0, 0.05) is 6.04 Å². The maximum absolute atomic E-state index is 13.1. The van der Waals surface area contributed by atoms with E-state index in [9.17, 15) is 13.6 Å². The first-order chi connectivity index (χ1) is 9.56. The zero-order valence-electron chi connectivity index (χ0n) is 11.6. The highest BCUT2D eigenvalue weighted by Crippen LogP contribution is 2.12. The van der Waals surface area contributed by atoms with E-state index >= 15 is 0 Å². The largest absolute Gasteiger partial charge is 0.352 e. The van der Waals surface area contributed by atoms with E-state index in [4.69, 9.17) is 0 Å². The Kier molecular flexibility index (Phi) is 5.06. The Bertz CT molecular complexity index is 473. The number of carbonyl (C=O) groups is 1. The van der Waals surface area contributed by atoms with Gasteiger partial charge in [-0.2, -0.15) is 0 Å². The minimum Gasteiger partial charge on any atom is -0.352 e. The predicted octanol–water partition coefficient (Wildman–Crippen LogP) is 2.15. The normalized spacial score (nSPS) is 19.9. The summed E-state index contributed by atoms with van der Waals surface area (Å²) < 4.78 is 25.9. The van der Waals surface area contributed by atoms with E-state index in [0.29, 0.717) is 12.8 Å². The summed E-state index contributed by atoms with van der Waals surface area (Å²) in [4.78, 5) is 11.9. The third-order valence-electron chi connectivity index (χ3n) is 3.62. The summed E-state index contributed by atoms with van der Waals surface area (Å²) >= 11 is 0. The van der Waals surface area contributed by atoms with Gasteiger partial charge in [0.25, 0.3) is 0 Å². The molecule has 0 bridgehead atoms. The van der Waals surface area contributed by atoms with Crippen LogP contribution in [-0.2, 0) is 11.2 Å². The van der Waals surface area contributed by atoms with E-state index in [1.165, 1.54) is 6.07 Å². The maximum Gasteiger partial charge on any atom is 0.237 e. The fourth-order valence-corrected chi connectivity index (χ4v) is 2.40. The number of rotatable bonds is 5. The van der Waals surface area contributed by atoms with Gasteiger partial charge in [-0.3, -0.25) is 4.79 Å². The van der Waals surface area contributed by atoms with Crippen LogP contribution in [-0.4, -0.2) is 24.5 Å². The molecule has 1 aliphatic rings. The standard InChI is InChI=1S/C15H20F2N2O/c1-10(19-15(20)14-3-2-8-18-14)4-5-11-6-7-12(16)13(17)9-11/h6-7,9-10,14,18H,2-5,8H2,1H3,(H,19,20)/t10-,14-/m1/s1. The van der Waals surface area contributed by atoms with Crippen molar-refractivity contribution in [1.29, 1.82) is 0 Å². The minimum absolute atomic E-state index is 0.0121. The molecule has 1 saturated heterocycles. The highest BCUT2D eigenvalue weighted by molar-refractivity contribution is 5.82. The van der Waals surface area contributed by atoms with Crippen LogP contribution in [0.15, 0.2) is 18.2 Å². The molecule has 0 saturated carbocycles. The summed E-state index contributed by atoms with van der Waals surface area (Å²) in [6.07, 6.45) is 3.21. The number of aryl methyl sites for hydroxylation is 1. The molecule has 2 atom stereocenters. The molecule has 1 amide bonds. The lowest BCUT2D eigenvalue weighted by atomic mass is 10.1. The Morgan fingerprint density at radius 1 is 1.45 bits per heavy atom. The van der Waals surface area contributed by atoms with Crippen molar-refractivity contribution in [1.82, 2.24) is 10.6 Å². The second kappa shape index (κ2) is 6.79. The Hall–Kier alpha value is -1.49. The van der Waals surface area contributed by atoms with Crippen LogP contribution in [0, 0.1) is 11.6 Å². The Morgan fingerprint density at radius 3 is 2.90 bits per heavy atom. The molecule has 0 aliphatic carbocycles. The molecule has 0 spiro atoms. The molecule has 1 aromatic rings. The smallest absolute Gasteiger partial charge is 0.237 e. The second-order valence-electron chi connectivity index (χ2n) is 5.35. The van der Waals surface area contributed by atoms with Crippen LogP contribution in [0.4, 0.5) is 8.78 Å². The number of hydrogen-bond acceptors (Lipinski definition) is 2. The Balaban J connectivity index is 1.78. The summed E-state index contributed by atoms with van der Waals surface area (Å²) in [7, 11) is 0. The monoisotopic (exact) mass is 282 g/mol. The van der Waals surface area contributed by atoms with Crippen LogP contribution in [0.2, 0.25) is 0 Å². The second-order valence-corrected chi connectivity index (χ2v) is 5.35. The Labute approximate surface area is 117 Å². The van der Waals surface area contributed by atoms with Gasteiger partial charge in [-0.25, -0.2) is 8.78 Å². The highest BCUT2D eigenvalue weighted by Gasteiger charge is 2.22. The number of halogens is 2. The molecule has 3 nitrogen and oxygen atoms in total. The molecule has 1 heterocycles. The number of hydrogen-bond donors (Lipinski definition) is 2. The van der Waals surface area contributed by atoms with Gasteiger partial charge in [-0.05, 0) is 56.8 Å². The van der Waals surface area contributed by atoms with Gasteiger partial charge in [0.2, 0.25) is 5.91 Å². The third-order valence-corrected chi connectivity index (χ3v) is 3.62. The lowest BCUT2D eigenvalue weighted by molar-refractivity contribution is -0.123. The van der Waals surface area contributed by atoms with Crippen molar-refractivity contribution >= 4 is 5.91 Å². The van der Waals surface area contributed by atoms with Gasteiger partial charge in [0.15, 0.2) is 11.6 Å². The van der Waals surface area contributed by atoms with Crippen molar-refractivity contribution in [3.63, 3.8) is 0 Å². The quantitative estimate of drug-likeness (QED) is 0.869. The molecular weight excluding hydrogens is 262 g/mol. The van der Waals surface area contributed by atoms with Gasteiger partial charge in [0.05, 0.1) is 6.04 Å². The molecule has 1 fully saturated rings. The van der Waals surface area contributed by atoms with Crippen molar-refractivity contribution < 1.29 is 13.6 Å². The van der Waals surface area contributed by atoms with E-state index in [-0.39, 0.29) is 18.0 Å².